The Morgan fingerprint density at radius 1 is 1.05 bits per heavy atom. The number of anilines is 1. The molecule has 0 radical (unpaired) electrons. The molecule has 1 N–H and O–H groups in total. The smallest absolute Gasteiger partial charge is 0.256 e. The minimum atomic E-state index is -3.53. The molecule has 1 aliphatic rings. The van der Waals surface area contributed by atoms with Crippen molar-refractivity contribution in [2.75, 3.05) is 18.1 Å². The van der Waals surface area contributed by atoms with E-state index in [9.17, 15) is 22.8 Å². The first kappa shape index (κ1) is 27.5. The molecule has 0 unspecified atom stereocenters. The number of aldehydes is 1. The van der Waals surface area contributed by atoms with Crippen LogP contribution >= 0.6 is 11.3 Å². The van der Waals surface area contributed by atoms with Crippen molar-refractivity contribution in [2.24, 2.45) is 0 Å². The molecule has 9 nitrogen and oxygen atoms in total. The van der Waals surface area contributed by atoms with Gasteiger partial charge in [0.05, 0.1) is 17.5 Å². The normalized spacial score (nSPS) is 15.0. The van der Waals surface area contributed by atoms with Gasteiger partial charge in [-0.15, -0.1) is 11.3 Å². The van der Waals surface area contributed by atoms with E-state index in [1.165, 1.54) is 28.5 Å². The van der Waals surface area contributed by atoms with Crippen LogP contribution in [-0.4, -0.2) is 59.2 Å². The average molecular weight is 577 g/mol. The van der Waals surface area contributed by atoms with Crippen LogP contribution in [0, 0.1) is 20.8 Å². The first-order chi connectivity index (χ1) is 19.0. The van der Waals surface area contributed by atoms with Crippen molar-refractivity contribution in [3.63, 3.8) is 0 Å². The van der Waals surface area contributed by atoms with Crippen molar-refractivity contribution in [1.29, 1.82) is 0 Å². The number of hydrogen-bond donors (Lipinski definition) is 1. The van der Waals surface area contributed by atoms with Gasteiger partial charge in [0.25, 0.3) is 5.91 Å². The van der Waals surface area contributed by atoms with Crippen LogP contribution < -0.4 is 5.32 Å². The van der Waals surface area contributed by atoms with Gasteiger partial charge in [0.2, 0.25) is 15.9 Å². The lowest BCUT2D eigenvalue weighted by atomic mass is 9.95. The molecule has 1 atom stereocenters. The lowest BCUT2D eigenvalue weighted by Crippen LogP contribution is -2.56. The number of nitrogens with zero attached hydrogens (tertiary/aromatic N) is 3. The Morgan fingerprint density at radius 2 is 1.75 bits per heavy atom. The molecular weight excluding hydrogens is 548 g/mol. The van der Waals surface area contributed by atoms with Crippen molar-refractivity contribution < 1.29 is 22.8 Å². The number of nitrogens with one attached hydrogen (secondary N) is 1. The number of hydrogen-bond acceptors (Lipinski definition) is 7. The number of aromatic nitrogens is 2. The van der Waals surface area contributed by atoms with E-state index in [1.54, 1.807) is 6.92 Å². The van der Waals surface area contributed by atoms with Crippen LogP contribution in [0.25, 0.3) is 22.4 Å². The molecule has 2 aromatic carbocycles. The molecule has 1 aliphatic heterocycles. The summed E-state index contributed by atoms with van der Waals surface area (Å²) in [6.07, 6.45) is 3.75. The summed E-state index contributed by atoms with van der Waals surface area (Å²) in [6, 6.07) is 12.7. The van der Waals surface area contributed by atoms with Gasteiger partial charge < -0.3 is 10.2 Å². The summed E-state index contributed by atoms with van der Waals surface area (Å²) in [6.45, 7) is 5.86. The van der Waals surface area contributed by atoms with Crippen molar-refractivity contribution in [3.05, 3.63) is 82.0 Å². The number of rotatable bonds is 7. The fourth-order valence-corrected chi connectivity index (χ4v) is 6.54. The highest BCUT2D eigenvalue weighted by Gasteiger charge is 2.38. The SMILES string of the molecule is Cc1cc(-c2cccc(-c3csc(NC(=O)[C@@H]4CCN4C(=O)c4cc(C)n(S(C)(=O)=O)c4)n3)c2)cc(C)c1C=O. The molecule has 206 valence electrons. The van der Waals surface area contributed by atoms with Crippen molar-refractivity contribution in [2.45, 2.75) is 33.2 Å². The minimum absolute atomic E-state index is 0.225. The molecule has 11 heteroatoms. The minimum Gasteiger partial charge on any atom is -0.326 e. The first-order valence-electron chi connectivity index (χ1n) is 12.6. The van der Waals surface area contributed by atoms with E-state index in [2.05, 4.69) is 10.3 Å². The maximum Gasteiger partial charge on any atom is 0.256 e. The number of likely N-dealkylation sites (tertiary alicyclic amines) is 1. The van der Waals surface area contributed by atoms with Gasteiger partial charge in [-0.1, -0.05) is 30.3 Å². The van der Waals surface area contributed by atoms with Gasteiger partial charge in [0.1, 0.15) is 6.04 Å². The average Bonchev–Trinajstić information content (AvgIpc) is 3.50. The molecule has 0 spiro atoms. The van der Waals surface area contributed by atoms with Gasteiger partial charge >= 0.3 is 0 Å². The van der Waals surface area contributed by atoms with E-state index >= 15 is 0 Å². The molecule has 0 bridgehead atoms. The summed E-state index contributed by atoms with van der Waals surface area (Å²) < 4.78 is 24.9. The molecule has 3 heterocycles. The van der Waals surface area contributed by atoms with Gasteiger partial charge in [-0.2, -0.15) is 0 Å². The molecule has 0 aliphatic carbocycles. The van der Waals surface area contributed by atoms with E-state index in [1.807, 2.05) is 55.6 Å². The van der Waals surface area contributed by atoms with Crippen LogP contribution in [0.5, 0.6) is 0 Å². The summed E-state index contributed by atoms with van der Waals surface area (Å²) in [5, 5.41) is 5.11. The molecule has 5 rings (SSSR count). The topological polar surface area (TPSA) is 118 Å². The number of thiazole rings is 1. The predicted molar refractivity (Wildman–Crippen MR) is 155 cm³/mol. The standard InChI is InChI=1S/C29H28N4O5S2/c1-17-10-22(11-18(2)24(17)15-34)20-6-5-7-21(13-20)25-16-39-29(30-25)31-27(35)26-8-9-32(26)28(36)23-12-19(3)33(14-23)40(4,37)38/h5-7,10-16,26H,8-9H2,1-4H3,(H,30,31,35)/t26-/m0/s1. The summed E-state index contributed by atoms with van der Waals surface area (Å²) >= 11 is 1.29. The number of carbonyl (C=O) groups is 3. The quantitative estimate of drug-likeness (QED) is 0.319. The second kappa shape index (κ2) is 10.5. The number of amides is 2. The van der Waals surface area contributed by atoms with Crippen LogP contribution in [-0.2, 0) is 14.8 Å². The zero-order chi connectivity index (χ0) is 28.8. The number of aryl methyl sites for hydroxylation is 3. The molecule has 1 saturated heterocycles. The fourth-order valence-electron chi connectivity index (χ4n) is 4.93. The van der Waals surface area contributed by atoms with Gasteiger partial charge in [0.15, 0.2) is 11.4 Å². The van der Waals surface area contributed by atoms with E-state index in [0.29, 0.717) is 35.0 Å². The Hall–Kier alpha value is -4.09. The fraction of sp³-hybridized carbons (Fsp3) is 0.241. The Morgan fingerprint density at radius 3 is 2.35 bits per heavy atom. The zero-order valence-electron chi connectivity index (χ0n) is 22.5. The van der Waals surface area contributed by atoms with Gasteiger partial charge in [-0.05, 0) is 61.6 Å². The first-order valence-corrected chi connectivity index (χ1v) is 15.3. The molecule has 2 amide bonds. The summed E-state index contributed by atoms with van der Waals surface area (Å²) in [5.74, 6) is -0.727. The monoisotopic (exact) mass is 576 g/mol. The summed E-state index contributed by atoms with van der Waals surface area (Å²) in [7, 11) is -3.53. The summed E-state index contributed by atoms with van der Waals surface area (Å²) in [4.78, 5) is 43.4. The third-order valence-electron chi connectivity index (χ3n) is 7.09. The van der Waals surface area contributed by atoms with Gasteiger partial charge in [-0.3, -0.25) is 14.4 Å². The Labute approximate surface area is 236 Å². The second-order valence-electron chi connectivity index (χ2n) is 9.98. The number of carbonyl (C=O) groups excluding carboxylic acids is 3. The van der Waals surface area contributed by atoms with Crippen molar-refractivity contribution in [1.82, 2.24) is 13.9 Å². The predicted octanol–water partition coefficient (Wildman–Crippen LogP) is 4.68. The highest BCUT2D eigenvalue weighted by Crippen LogP contribution is 2.31. The Bertz CT molecular complexity index is 1750. The molecule has 40 heavy (non-hydrogen) atoms. The number of benzene rings is 2. The summed E-state index contributed by atoms with van der Waals surface area (Å²) in [5.41, 5.74) is 6.77. The van der Waals surface area contributed by atoms with Gasteiger partial charge in [0, 0.05) is 34.9 Å². The molecule has 4 aromatic rings. The van der Waals surface area contributed by atoms with Gasteiger partial charge in [-0.25, -0.2) is 17.4 Å². The second-order valence-corrected chi connectivity index (χ2v) is 12.7. The maximum absolute atomic E-state index is 13.0. The third-order valence-corrected chi connectivity index (χ3v) is 8.96. The molecule has 2 aromatic heterocycles. The van der Waals surface area contributed by atoms with Crippen LogP contribution in [0.15, 0.2) is 54.0 Å². The molecule has 0 saturated carbocycles. The van der Waals surface area contributed by atoms with E-state index in [0.717, 1.165) is 44.3 Å². The lowest BCUT2D eigenvalue weighted by Gasteiger charge is -2.39. The van der Waals surface area contributed by atoms with Crippen molar-refractivity contribution >= 4 is 44.6 Å². The zero-order valence-corrected chi connectivity index (χ0v) is 24.1. The third kappa shape index (κ3) is 5.22. The van der Waals surface area contributed by atoms with E-state index in [-0.39, 0.29) is 17.4 Å². The van der Waals surface area contributed by atoms with E-state index in [4.69, 9.17) is 0 Å². The van der Waals surface area contributed by atoms with Crippen LogP contribution in [0.4, 0.5) is 5.13 Å². The Balaban J connectivity index is 1.29. The van der Waals surface area contributed by atoms with Crippen molar-refractivity contribution in [3.8, 4) is 22.4 Å². The Kier molecular flexibility index (Phi) is 7.19. The van der Waals surface area contributed by atoms with Crippen LogP contribution in [0.2, 0.25) is 0 Å². The molecular formula is C29H28N4O5S2. The van der Waals surface area contributed by atoms with Crippen LogP contribution in [0.1, 0.15) is 44.0 Å². The largest absolute Gasteiger partial charge is 0.326 e. The van der Waals surface area contributed by atoms with Crippen LogP contribution in [0.3, 0.4) is 0 Å². The molecule has 1 fully saturated rings. The highest BCUT2D eigenvalue weighted by molar-refractivity contribution is 7.89. The van der Waals surface area contributed by atoms with E-state index < -0.39 is 16.1 Å². The maximum atomic E-state index is 13.0. The highest BCUT2D eigenvalue weighted by atomic mass is 32.2. The lowest BCUT2D eigenvalue weighted by molar-refractivity contribution is -0.123.